The number of halogens is 1. The van der Waals surface area contributed by atoms with Gasteiger partial charge in [-0.2, -0.15) is 0 Å². The van der Waals surface area contributed by atoms with Gasteiger partial charge in [0.15, 0.2) is 0 Å². The van der Waals surface area contributed by atoms with Crippen molar-refractivity contribution in [2.24, 2.45) is 0 Å². The van der Waals surface area contributed by atoms with Gasteiger partial charge in [-0.05, 0) is 44.3 Å². The van der Waals surface area contributed by atoms with Gasteiger partial charge >= 0.3 is 0 Å². The molecule has 0 spiro atoms. The Hall–Kier alpha value is -0.180. The number of benzene rings is 1. The molecule has 0 fully saturated rings. The summed E-state index contributed by atoms with van der Waals surface area (Å²) in [5, 5.41) is 0.816. The third-order valence-corrected chi connectivity index (χ3v) is 2.97. The molecule has 1 nitrogen and oxygen atoms in total. The highest BCUT2D eigenvalue weighted by Gasteiger charge is 2.00. The molecular formula is C10H14ClNS. The van der Waals surface area contributed by atoms with Gasteiger partial charge in [-0.25, -0.2) is 0 Å². The van der Waals surface area contributed by atoms with Gasteiger partial charge < -0.3 is 0 Å². The molecule has 0 aromatic heterocycles. The van der Waals surface area contributed by atoms with E-state index in [0.717, 1.165) is 10.8 Å². The van der Waals surface area contributed by atoms with E-state index in [-0.39, 0.29) is 0 Å². The summed E-state index contributed by atoms with van der Waals surface area (Å²) in [6.07, 6.45) is 0. The van der Waals surface area contributed by atoms with Crippen LogP contribution < -0.4 is 0 Å². The van der Waals surface area contributed by atoms with Gasteiger partial charge in [0, 0.05) is 10.8 Å². The molecule has 0 saturated carbocycles. The molecule has 13 heavy (non-hydrogen) atoms. The first kappa shape index (κ1) is 10.9. The van der Waals surface area contributed by atoms with Gasteiger partial charge in [-0.1, -0.05) is 29.6 Å². The normalized spacial score (nSPS) is 10.8. The molecule has 72 valence electrons. The Morgan fingerprint density at radius 3 is 2.62 bits per heavy atom. The van der Waals surface area contributed by atoms with Crippen molar-refractivity contribution in [3.8, 4) is 0 Å². The number of hydrogen-bond donors (Lipinski definition) is 0. The molecular weight excluding hydrogens is 202 g/mol. The van der Waals surface area contributed by atoms with Crippen LogP contribution in [0.5, 0.6) is 0 Å². The fraction of sp³-hybridized carbons (Fsp3) is 0.400. The smallest absolute Gasteiger partial charge is 0.0408 e. The Morgan fingerprint density at radius 1 is 1.38 bits per heavy atom. The fourth-order valence-electron chi connectivity index (χ4n) is 1.02. The van der Waals surface area contributed by atoms with Crippen LogP contribution in [0.2, 0.25) is 5.02 Å². The number of rotatable bonds is 3. The van der Waals surface area contributed by atoms with Gasteiger partial charge in [0.05, 0.1) is 0 Å². The van der Waals surface area contributed by atoms with E-state index >= 15 is 0 Å². The molecule has 0 unspecified atom stereocenters. The van der Waals surface area contributed by atoms with Crippen molar-refractivity contribution < 1.29 is 0 Å². The minimum absolute atomic E-state index is 0.816. The van der Waals surface area contributed by atoms with Crippen LogP contribution >= 0.6 is 23.5 Å². The third-order valence-electron chi connectivity index (χ3n) is 1.78. The van der Waals surface area contributed by atoms with Crippen LogP contribution in [0.15, 0.2) is 18.2 Å². The van der Waals surface area contributed by atoms with Crippen LogP contribution in [-0.2, 0) is 5.75 Å². The van der Waals surface area contributed by atoms with Crippen molar-refractivity contribution in [1.29, 1.82) is 0 Å². The van der Waals surface area contributed by atoms with Crippen molar-refractivity contribution in [3.05, 3.63) is 34.3 Å². The molecule has 0 amide bonds. The molecule has 0 aliphatic heterocycles. The summed E-state index contributed by atoms with van der Waals surface area (Å²) in [4.78, 5) is 0. The zero-order chi connectivity index (χ0) is 9.84. The highest BCUT2D eigenvalue weighted by atomic mass is 35.5. The first-order chi connectivity index (χ1) is 6.09. The zero-order valence-corrected chi connectivity index (χ0v) is 9.75. The van der Waals surface area contributed by atoms with Gasteiger partial charge in [0.1, 0.15) is 0 Å². The van der Waals surface area contributed by atoms with Crippen LogP contribution in [0, 0.1) is 6.92 Å². The Morgan fingerprint density at radius 2 is 2.08 bits per heavy atom. The van der Waals surface area contributed by atoms with E-state index in [1.165, 1.54) is 11.1 Å². The van der Waals surface area contributed by atoms with Crippen molar-refractivity contribution in [2.75, 3.05) is 14.1 Å². The van der Waals surface area contributed by atoms with Gasteiger partial charge in [0.25, 0.3) is 0 Å². The van der Waals surface area contributed by atoms with Gasteiger partial charge in [-0.3, -0.25) is 4.31 Å². The third kappa shape index (κ3) is 3.59. The van der Waals surface area contributed by atoms with Crippen molar-refractivity contribution in [3.63, 3.8) is 0 Å². The maximum Gasteiger partial charge on any atom is 0.0408 e. The first-order valence-corrected chi connectivity index (χ1v) is 5.47. The second-order valence-corrected chi connectivity index (χ2v) is 4.87. The maximum absolute atomic E-state index is 5.86. The van der Waals surface area contributed by atoms with E-state index in [2.05, 4.69) is 31.4 Å². The highest BCUT2D eigenvalue weighted by molar-refractivity contribution is 7.96. The molecule has 0 aliphatic rings. The minimum Gasteiger partial charge on any atom is -0.256 e. The standard InChI is InChI=1S/C10H14ClNS/c1-8-6-10(11)5-4-9(8)7-13-12(2)3/h4-6H,7H2,1-3H3. The van der Waals surface area contributed by atoms with E-state index in [1.807, 2.05) is 12.1 Å². The lowest BCUT2D eigenvalue weighted by molar-refractivity contribution is 0.702. The van der Waals surface area contributed by atoms with Crippen molar-refractivity contribution in [2.45, 2.75) is 12.7 Å². The van der Waals surface area contributed by atoms with E-state index in [9.17, 15) is 0 Å². The topological polar surface area (TPSA) is 3.24 Å². The Balaban J connectivity index is 2.67. The predicted molar refractivity (Wildman–Crippen MR) is 61.2 cm³/mol. The second kappa shape index (κ2) is 4.89. The van der Waals surface area contributed by atoms with Gasteiger partial charge in [-0.15, -0.1) is 0 Å². The molecule has 0 saturated heterocycles. The second-order valence-electron chi connectivity index (χ2n) is 3.16. The SMILES string of the molecule is Cc1cc(Cl)ccc1CSN(C)C. The van der Waals surface area contributed by atoms with Crippen LogP contribution in [0.1, 0.15) is 11.1 Å². The van der Waals surface area contributed by atoms with E-state index in [4.69, 9.17) is 11.6 Å². The van der Waals surface area contributed by atoms with E-state index < -0.39 is 0 Å². The minimum atomic E-state index is 0.816. The summed E-state index contributed by atoms with van der Waals surface area (Å²) >= 11 is 7.66. The Kier molecular flexibility index (Phi) is 4.10. The van der Waals surface area contributed by atoms with Crippen molar-refractivity contribution >= 4 is 23.5 Å². The Labute approximate surface area is 89.2 Å². The average Bonchev–Trinajstić information content (AvgIpc) is 2.02. The van der Waals surface area contributed by atoms with Crippen molar-refractivity contribution in [1.82, 2.24) is 4.31 Å². The monoisotopic (exact) mass is 215 g/mol. The molecule has 0 radical (unpaired) electrons. The molecule has 1 aromatic carbocycles. The summed E-state index contributed by atoms with van der Waals surface area (Å²) in [6, 6.07) is 6.04. The van der Waals surface area contributed by atoms with Crippen LogP contribution in [-0.4, -0.2) is 18.4 Å². The van der Waals surface area contributed by atoms with Gasteiger partial charge in [0.2, 0.25) is 0 Å². The molecule has 1 aromatic rings. The zero-order valence-electron chi connectivity index (χ0n) is 8.17. The van der Waals surface area contributed by atoms with Crippen LogP contribution in [0.3, 0.4) is 0 Å². The lowest BCUT2D eigenvalue weighted by Gasteiger charge is -2.10. The lowest BCUT2D eigenvalue weighted by atomic mass is 10.1. The summed E-state index contributed by atoms with van der Waals surface area (Å²) in [6.45, 7) is 2.09. The highest BCUT2D eigenvalue weighted by Crippen LogP contribution is 2.20. The predicted octanol–water partition coefficient (Wildman–Crippen LogP) is 3.36. The number of hydrogen-bond acceptors (Lipinski definition) is 2. The number of aryl methyl sites for hydroxylation is 1. The summed E-state index contributed by atoms with van der Waals surface area (Å²) < 4.78 is 2.11. The van der Waals surface area contributed by atoms with E-state index in [0.29, 0.717) is 0 Å². The van der Waals surface area contributed by atoms with Crippen LogP contribution in [0.4, 0.5) is 0 Å². The lowest BCUT2D eigenvalue weighted by Crippen LogP contribution is -2.00. The summed E-state index contributed by atoms with van der Waals surface area (Å²) in [5.74, 6) is 1.01. The molecule has 0 heterocycles. The molecule has 1 rings (SSSR count). The summed E-state index contributed by atoms with van der Waals surface area (Å²) in [7, 11) is 4.10. The molecule has 3 heteroatoms. The number of nitrogens with zero attached hydrogens (tertiary/aromatic N) is 1. The molecule has 0 atom stereocenters. The first-order valence-electron chi connectivity index (χ1n) is 4.15. The molecule has 0 bridgehead atoms. The largest absolute Gasteiger partial charge is 0.256 e. The maximum atomic E-state index is 5.86. The Bertz CT molecular complexity index is 286. The quantitative estimate of drug-likeness (QED) is 0.712. The summed E-state index contributed by atoms with van der Waals surface area (Å²) in [5.41, 5.74) is 2.62. The van der Waals surface area contributed by atoms with Crippen LogP contribution in [0.25, 0.3) is 0 Å². The average molecular weight is 216 g/mol. The van der Waals surface area contributed by atoms with E-state index in [1.54, 1.807) is 11.9 Å². The fourth-order valence-corrected chi connectivity index (χ4v) is 1.97. The molecule has 0 N–H and O–H groups in total. The molecule has 0 aliphatic carbocycles.